The summed E-state index contributed by atoms with van der Waals surface area (Å²) in [5, 5.41) is 3.01. The van der Waals surface area contributed by atoms with E-state index in [1.165, 1.54) is 37.3 Å². The molecule has 0 aromatic heterocycles. The largest absolute Gasteiger partial charge is 0.497 e. The Balaban J connectivity index is 1.84. The van der Waals surface area contributed by atoms with Crippen LogP contribution in [0.3, 0.4) is 0 Å². The Kier molecular flexibility index (Phi) is 12.4. The Labute approximate surface area is 278 Å². The predicted octanol–water partition coefficient (Wildman–Crippen LogP) is 5.76. The summed E-state index contributed by atoms with van der Waals surface area (Å²) in [5.74, 6) is -0.239. The molecule has 0 radical (unpaired) electrons. The van der Waals surface area contributed by atoms with Crippen LogP contribution in [0.5, 0.6) is 11.5 Å². The first-order valence-electron chi connectivity index (χ1n) is 15.6. The van der Waals surface area contributed by atoms with Crippen LogP contribution in [0, 0.1) is 6.92 Å². The van der Waals surface area contributed by atoms with Crippen LogP contribution < -0.4 is 19.1 Å². The van der Waals surface area contributed by atoms with Gasteiger partial charge in [-0.05, 0) is 48.7 Å². The molecule has 0 fully saturated rings. The van der Waals surface area contributed by atoms with Crippen molar-refractivity contribution >= 4 is 27.5 Å². The van der Waals surface area contributed by atoms with E-state index in [0.29, 0.717) is 12.3 Å². The lowest BCUT2D eigenvalue weighted by Gasteiger charge is -2.34. The number of aryl methyl sites for hydroxylation is 1. The van der Waals surface area contributed by atoms with Crippen molar-refractivity contribution in [2.45, 2.75) is 50.6 Å². The molecule has 2 amide bonds. The van der Waals surface area contributed by atoms with E-state index in [2.05, 4.69) is 5.32 Å². The van der Waals surface area contributed by atoms with Crippen LogP contribution in [0.25, 0.3) is 0 Å². The summed E-state index contributed by atoms with van der Waals surface area (Å²) in [6, 6.07) is 28.9. The molecule has 0 unspecified atom stereocenters. The summed E-state index contributed by atoms with van der Waals surface area (Å²) in [7, 11) is -1.39. The number of methoxy groups -OCH3 is 2. The maximum absolute atomic E-state index is 14.7. The first-order valence-corrected chi connectivity index (χ1v) is 17.1. The standard InChI is InChI=1S/C37H43N3O6S/c1-5-6-23-38-37(42)34(24-29-13-9-7-10-14-29)39(26-30-19-17-28(2)18-20-30)36(41)27-40(47(43,44)32-15-11-8-12-16-32)33-25-31(45-3)21-22-35(33)46-4/h7-22,25,34H,5-6,23-24,26-27H2,1-4H3,(H,38,42)/t34-/m1/s1. The van der Waals surface area contributed by atoms with E-state index in [-0.39, 0.29) is 35.2 Å². The molecule has 0 heterocycles. The molecular weight excluding hydrogens is 614 g/mol. The zero-order chi connectivity index (χ0) is 33.8. The average molecular weight is 658 g/mol. The van der Waals surface area contributed by atoms with Crippen molar-refractivity contribution in [3.8, 4) is 11.5 Å². The van der Waals surface area contributed by atoms with Gasteiger partial charge in [-0.3, -0.25) is 13.9 Å². The molecule has 0 aliphatic heterocycles. The van der Waals surface area contributed by atoms with E-state index in [0.717, 1.165) is 33.8 Å². The predicted molar refractivity (Wildman–Crippen MR) is 184 cm³/mol. The molecular formula is C37H43N3O6S. The molecule has 4 aromatic carbocycles. The van der Waals surface area contributed by atoms with Gasteiger partial charge in [-0.2, -0.15) is 0 Å². The van der Waals surface area contributed by atoms with Gasteiger partial charge in [-0.25, -0.2) is 8.42 Å². The number of hydrogen-bond acceptors (Lipinski definition) is 6. The normalized spacial score (nSPS) is 11.7. The van der Waals surface area contributed by atoms with Gasteiger partial charge in [0.25, 0.3) is 10.0 Å². The highest BCUT2D eigenvalue weighted by molar-refractivity contribution is 7.92. The average Bonchev–Trinajstić information content (AvgIpc) is 3.10. The lowest BCUT2D eigenvalue weighted by Crippen LogP contribution is -2.53. The number of sulfonamides is 1. The summed E-state index contributed by atoms with van der Waals surface area (Å²) < 4.78 is 40.6. The minimum atomic E-state index is -4.29. The van der Waals surface area contributed by atoms with Crippen molar-refractivity contribution in [1.82, 2.24) is 10.2 Å². The Hall–Kier alpha value is -4.83. The van der Waals surface area contributed by atoms with E-state index in [1.54, 1.807) is 30.3 Å². The zero-order valence-corrected chi connectivity index (χ0v) is 28.2. The van der Waals surface area contributed by atoms with Gasteiger partial charge in [0.1, 0.15) is 24.1 Å². The Morgan fingerprint density at radius 1 is 0.830 bits per heavy atom. The summed E-state index contributed by atoms with van der Waals surface area (Å²) in [6.07, 6.45) is 1.92. The third-order valence-corrected chi connectivity index (χ3v) is 9.61. The quantitative estimate of drug-likeness (QED) is 0.154. The van der Waals surface area contributed by atoms with Gasteiger partial charge in [-0.15, -0.1) is 0 Å². The maximum Gasteiger partial charge on any atom is 0.264 e. The van der Waals surface area contributed by atoms with Crippen LogP contribution in [0.2, 0.25) is 0 Å². The Morgan fingerprint density at radius 3 is 2.11 bits per heavy atom. The van der Waals surface area contributed by atoms with E-state index >= 15 is 0 Å². The van der Waals surface area contributed by atoms with E-state index in [1.807, 2.05) is 68.4 Å². The number of hydrogen-bond donors (Lipinski definition) is 1. The van der Waals surface area contributed by atoms with Gasteiger partial charge in [0.2, 0.25) is 11.8 Å². The molecule has 0 saturated carbocycles. The zero-order valence-electron chi connectivity index (χ0n) is 27.4. The number of carbonyl (C=O) groups excluding carboxylic acids is 2. The van der Waals surface area contributed by atoms with E-state index < -0.39 is 28.5 Å². The van der Waals surface area contributed by atoms with Gasteiger partial charge in [-0.1, -0.05) is 91.7 Å². The van der Waals surface area contributed by atoms with Gasteiger partial charge in [0.15, 0.2) is 0 Å². The number of benzene rings is 4. The summed E-state index contributed by atoms with van der Waals surface area (Å²) in [4.78, 5) is 30.0. The molecule has 248 valence electrons. The minimum Gasteiger partial charge on any atom is -0.497 e. The monoisotopic (exact) mass is 657 g/mol. The van der Waals surface area contributed by atoms with E-state index in [4.69, 9.17) is 9.47 Å². The highest BCUT2D eigenvalue weighted by Crippen LogP contribution is 2.36. The summed E-state index contributed by atoms with van der Waals surface area (Å²) in [6.45, 7) is 3.96. The van der Waals surface area contributed by atoms with E-state index in [9.17, 15) is 18.0 Å². The van der Waals surface area contributed by atoms with Crippen LogP contribution >= 0.6 is 0 Å². The third kappa shape index (κ3) is 9.13. The van der Waals surface area contributed by atoms with Gasteiger partial charge < -0.3 is 19.7 Å². The molecule has 0 spiro atoms. The summed E-state index contributed by atoms with van der Waals surface area (Å²) >= 11 is 0. The lowest BCUT2D eigenvalue weighted by atomic mass is 10.0. The number of amides is 2. The number of carbonyl (C=O) groups is 2. The van der Waals surface area contributed by atoms with Crippen LogP contribution in [-0.4, -0.2) is 58.5 Å². The van der Waals surface area contributed by atoms with Crippen molar-refractivity contribution in [1.29, 1.82) is 0 Å². The number of rotatable bonds is 16. The first-order chi connectivity index (χ1) is 22.7. The topological polar surface area (TPSA) is 105 Å². The first kappa shape index (κ1) is 35.0. The molecule has 47 heavy (non-hydrogen) atoms. The molecule has 4 aromatic rings. The molecule has 10 heteroatoms. The van der Waals surface area contributed by atoms with Crippen molar-refractivity contribution in [2.75, 3.05) is 31.6 Å². The van der Waals surface area contributed by atoms with Gasteiger partial charge >= 0.3 is 0 Å². The fourth-order valence-corrected chi connectivity index (χ4v) is 6.61. The number of nitrogens with zero attached hydrogens (tertiary/aromatic N) is 2. The molecule has 1 atom stereocenters. The van der Waals surface area contributed by atoms with Crippen LogP contribution in [0.15, 0.2) is 108 Å². The third-order valence-electron chi connectivity index (χ3n) is 7.84. The Bertz CT molecular complexity index is 1710. The molecule has 0 saturated heterocycles. The number of anilines is 1. The second-order valence-electron chi connectivity index (χ2n) is 11.2. The minimum absolute atomic E-state index is 0.000835. The number of ether oxygens (including phenoxy) is 2. The molecule has 4 rings (SSSR count). The van der Waals surface area contributed by atoms with Crippen molar-refractivity contribution in [3.05, 3.63) is 120 Å². The lowest BCUT2D eigenvalue weighted by molar-refractivity contribution is -0.140. The molecule has 0 aliphatic rings. The SMILES string of the molecule is CCCCNC(=O)[C@@H](Cc1ccccc1)N(Cc1ccc(C)cc1)C(=O)CN(c1cc(OC)ccc1OC)S(=O)(=O)c1ccccc1. The second-order valence-corrected chi connectivity index (χ2v) is 13.1. The molecule has 9 nitrogen and oxygen atoms in total. The van der Waals surface area contributed by atoms with Crippen molar-refractivity contribution < 1.29 is 27.5 Å². The Morgan fingerprint density at radius 2 is 1.49 bits per heavy atom. The highest BCUT2D eigenvalue weighted by atomic mass is 32.2. The van der Waals surface area contributed by atoms with Crippen LogP contribution in [-0.2, 0) is 32.6 Å². The molecule has 0 bridgehead atoms. The fraction of sp³-hybridized carbons (Fsp3) is 0.297. The fourth-order valence-electron chi connectivity index (χ4n) is 5.18. The van der Waals surface area contributed by atoms with Crippen LogP contribution in [0.1, 0.15) is 36.5 Å². The molecule has 0 aliphatic carbocycles. The van der Waals surface area contributed by atoms with Crippen molar-refractivity contribution in [2.24, 2.45) is 0 Å². The van der Waals surface area contributed by atoms with Gasteiger partial charge in [0.05, 0.1) is 24.8 Å². The number of unbranched alkanes of at least 4 members (excludes halogenated alkanes) is 1. The van der Waals surface area contributed by atoms with Gasteiger partial charge in [0, 0.05) is 25.6 Å². The van der Waals surface area contributed by atoms with Crippen molar-refractivity contribution in [3.63, 3.8) is 0 Å². The van der Waals surface area contributed by atoms with Crippen LogP contribution in [0.4, 0.5) is 5.69 Å². The number of nitrogens with one attached hydrogen (secondary N) is 1. The summed E-state index contributed by atoms with van der Waals surface area (Å²) in [5.41, 5.74) is 2.86. The molecule has 1 N–H and O–H groups in total. The smallest absolute Gasteiger partial charge is 0.264 e. The highest BCUT2D eigenvalue weighted by Gasteiger charge is 2.35. The maximum atomic E-state index is 14.7. The second kappa shape index (κ2) is 16.6.